The maximum atomic E-state index is 14.6. The average molecular weight is 434 g/mol. The summed E-state index contributed by atoms with van der Waals surface area (Å²) in [6, 6.07) is 33.9. The summed E-state index contributed by atoms with van der Waals surface area (Å²) in [5, 5.41) is 3.32. The smallest absolute Gasteiger partial charge is 0.248 e. The lowest BCUT2D eigenvalue weighted by Crippen LogP contribution is -2.21. The van der Waals surface area contributed by atoms with Crippen LogP contribution in [0.3, 0.4) is 0 Å². The molecule has 0 atom stereocenters. The molecule has 3 nitrogen and oxygen atoms in total. The van der Waals surface area contributed by atoms with E-state index in [0.717, 1.165) is 10.8 Å². The first kappa shape index (κ1) is 20.1. The Bertz CT molecular complexity index is 1430. The van der Waals surface area contributed by atoms with Crippen LogP contribution in [0.4, 0.5) is 0 Å². The van der Waals surface area contributed by atoms with Gasteiger partial charge < -0.3 is 4.57 Å². The highest BCUT2D eigenvalue weighted by Crippen LogP contribution is 2.52. The average Bonchev–Trinajstić information content (AvgIpc) is 2.87. The second kappa shape index (κ2) is 8.03. The minimum Gasteiger partial charge on any atom is -0.302 e. The van der Waals surface area contributed by atoms with Crippen LogP contribution in [0.2, 0.25) is 0 Å². The first-order chi connectivity index (χ1) is 15.6. The molecule has 0 heterocycles. The Morgan fingerprint density at radius 1 is 0.469 bits per heavy atom. The zero-order valence-corrected chi connectivity index (χ0v) is 18.0. The number of fused-ring (bicyclic) bond motifs is 2. The Morgan fingerprint density at radius 3 is 1.38 bits per heavy atom. The summed E-state index contributed by atoms with van der Waals surface area (Å²) in [4.78, 5) is 27.9. The van der Waals surface area contributed by atoms with Crippen LogP contribution in [-0.2, 0) is 4.57 Å². The van der Waals surface area contributed by atoms with Crippen LogP contribution >= 0.6 is 7.14 Å². The fraction of sp³-hybridized carbons (Fsp3) is 0. The zero-order valence-electron chi connectivity index (χ0n) is 17.1. The SMILES string of the molecule is O=C(c1cccc2ccccc12)P(=O)(C(=O)c1cccc2ccccc12)c1ccccc1. The Balaban J connectivity index is 1.77. The third kappa shape index (κ3) is 3.19. The van der Waals surface area contributed by atoms with Gasteiger partial charge in [-0.3, -0.25) is 9.59 Å². The molecule has 0 spiro atoms. The fourth-order valence-electron chi connectivity index (χ4n) is 4.13. The van der Waals surface area contributed by atoms with Crippen LogP contribution in [0.25, 0.3) is 21.5 Å². The lowest BCUT2D eigenvalue weighted by atomic mass is 10.1. The van der Waals surface area contributed by atoms with E-state index in [2.05, 4.69) is 0 Å². The Labute approximate surface area is 185 Å². The quantitative estimate of drug-likeness (QED) is 0.291. The maximum Gasteiger partial charge on any atom is 0.248 e. The van der Waals surface area contributed by atoms with Gasteiger partial charge in [0.2, 0.25) is 18.2 Å². The van der Waals surface area contributed by atoms with Crippen molar-refractivity contribution in [3.63, 3.8) is 0 Å². The molecule has 32 heavy (non-hydrogen) atoms. The van der Waals surface area contributed by atoms with Crippen molar-refractivity contribution in [2.45, 2.75) is 0 Å². The molecule has 0 N–H and O–H groups in total. The normalized spacial score (nSPS) is 11.5. The predicted octanol–water partition coefficient (Wildman–Crippen LogP) is 6.66. The Morgan fingerprint density at radius 2 is 0.875 bits per heavy atom. The minimum absolute atomic E-state index is 0.246. The van der Waals surface area contributed by atoms with E-state index in [1.165, 1.54) is 0 Å². The summed E-state index contributed by atoms with van der Waals surface area (Å²) in [5.74, 6) is 0. The van der Waals surface area contributed by atoms with Crippen molar-refractivity contribution in [2.75, 3.05) is 0 Å². The highest BCUT2D eigenvalue weighted by Gasteiger charge is 2.43. The number of carbonyl (C=O) groups is 2. The van der Waals surface area contributed by atoms with Gasteiger partial charge >= 0.3 is 0 Å². The summed E-state index contributed by atoms with van der Waals surface area (Å²) < 4.78 is 14.6. The van der Waals surface area contributed by atoms with Gasteiger partial charge in [0.1, 0.15) is 0 Å². The van der Waals surface area contributed by atoms with Gasteiger partial charge in [0.25, 0.3) is 0 Å². The van der Waals surface area contributed by atoms with Crippen LogP contribution < -0.4 is 5.30 Å². The summed E-state index contributed by atoms with van der Waals surface area (Å²) >= 11 is 0. The molecular weight excluding hydrogens is 415 g/mol. The lowest BCUT2D eigenvalue weighted by Gasteiger charge is -2.18. The van der Waals surface area contributed by atoms with Crippen LogP contribution in [0.5, 0.6) is 0 Å². The summed E-state index contributed by atoms with van der Waals surface area (Å²) in [5.41, 5.74) is -0.690. The topological polar surface area (TPSA) is 51.2 Å². The van der Waals surface area contributed by atoms with Gasteiger partial charge in [0.05, 0.1) is 0 Å². The van der Waals surface area contributed by atoms with E-state index in [-0.39, 0.29) is 5.30 Å². The van der Waals surface area contributed by atoms with E-state index in [4.69, 9.17) is 0 Å². The largest absolute Gasteiger partial charge is 0.302 e. The molecule has 5 aromatic rings. The number of rotatable bonds is 5. The van der Waals surface area contributed by atoms with Gasteiger partial charge in [-0.05, 0) is 21.5 Å². The van der Waals surface area contributed by atoms with Crippen molar-refractivity contribution in [3.05, 3.63) is 126 Å². The van der Waals surface area contributed by atoms with Crippen molar-refractivity contribution in [3.8, 4) is 0 Å². The van der Waals surface area contributed by atoms with E-state index in [0.29, 0.717) is 21.9 Å². The lowest BCUT2D eigenvalue weighted by molar-refractivity contribution is 0.104. The molecule has 0 aromatic heterocycles. The minimum atomic E-state index is -4.18. The second-order valence-corrected chi connectivity index (χ2v) is 10.2. The number of hydrogen-bond acceptors (Lipinski definition) is 3. The summed E-state index contributed by atoms with van der Waals surface area (Å²) in [6.07, 6.45) is 0. The Kier molecular flexibility index (Phi) is 5.05. The first-order valence-corrected chi connectivity index (χ1v) is 12.0. The highest BCUT2D eigenvalue weighted by atomic mass is 31.2. The molecule has 0 saturated carbocycles. The van der Waals surface area contributed by atoms with Gasteiger partial charge in [-0.25, -0.2) is 0 Å². The summed E-state index contributed by atoms with van der Waals surface area (Å²) in [6.45, 7) is 0. The number of carbonyl (C=O) groups excluding carboxylic acids is 2. The van der Waals surface area contributed by atoms with Crippen molar-refractivity contribution >= 4 is 45.0 Å². The standard InChI is InChI=1S/C28H19O3P/c29-27(25-18-8-12-20-10-4-6-16-23(20)25)32(31,22-14-2-1-3-15-22)28(30)26-19-9-13-21-11-5-7-17-24(21)26/h1-19H. The fourth-order valence-corrected chi connectivity index (χ4v) is 6.44. The van der Waals surface area contributed by atoms with Crippen molar-refractivity contribution in [2.24, 2.45) is 0 Å². The van der Waals surface area contributed by atoms with Gasteiger partial charge in [-0.1, -0.05) is 115 Å². The third-order valence-corrected chi connectivity index (χ3v) is 8.38. The molecule has 5 rings (SSSR count). The second-order valence-electron chi connectivity index (χ2n) is 7.61. The van der Waals surface area contributed by atoms with Gasteiger partial charge in [0, 0.05) is 16.4 Å². The van der Waals surface area contributed by atoms with Crippen molar-refractivity contribution in [1.29, 1.82) is 0 Å². The molecule has 0 saturated heterocycles. The van der Waals surface area contributed by atoms with Crippen LogP contribution in [0.1, 0.15) is 20.7 Å². The first-order valence-electron chi connectivity index (χ1n) is 10.3. The number of hydrogen-bond donors (Lipinski definition) is 0. The molecule has 4 heteroatoms. The molecule has 154 valence electrons. The van der Waals surface area contributed by atoms with Gasteiger partial charge in [-0.15, -0.1) is 0 Å². The van der Waals surface area contributed by atoms with E-state index in [1.54, 1.807) is 54.6 Å². The van der Waals surface area contributed by atoms with Crippen molar-refractivity contribution < 1.29 is 14.2 Å². The van der Waals surface area contributed by atoms with E-state index < -0.39 is 18.2 Å². The molecule has 0 bridgehead atoms. The van der Waals surface area contributed by atoms with Crippen LogP contribution in [-0.4, -0.2) is 11.0 Å². The van der Waals surface area contributed by atoms with E-state index >= 15 is 0 Å². The molecule has 0 unspecified atom stereocenters. The number of benzene rings is 5. The van der Waals surface area contributed by atoms with Gasteiger partial charge in [-0.2, -0.15) is 0 Å². The highest BCUT2D eigenvalue weighted by molar-refractivity contribution is 8.01. The molecule has 0 amide bonds. The van der Waals surface area contributed by atoms with E-state index in [9.17, 15) is 14.2 Å². The Hall–Kier alpha value is -3.81. The van der Waals surface area contributed by atoms with Crippen molar-refractivity contribution in [1.82, 2.24) is 0 Å². The molecule has 0 aliphatic carbocycles. The molecule has 0 aliphatic heterocycles. The maximum absolute atomic E-state index is 14.6. The predicted molar refractivity (Wildman–Crippen MR) is 130 cm³/mol. The van der Waals surface area contributed by atoms with Crippen LogP contribution in [0, 0.1) is 0 Å². The summed E-state index contributed by atoms with van der Waals surface area (Å²) in [7, 11) is -4.18. The van der Waals surface area contributed by atoms with Crippen LogP contribution in [0.15, 0.2) is 115 Å². The third-order valence-electron chi connectivity index (χ3n) is 5.73. The molecule has 0 radical (unpaired) electrons. The van der Waals surface area contributed by atoms with E-state index in [1.807, 2.05) is 60.7 Å². The van der Waals surface area contributed by atoms with Gasteiger partial charge in [0.15, 0.2) is 0 Å². The molecule has 5 aromatic carbocycles. The molecule has 0 aliphatic rings. The monoisotopic (exact) mass is 434 g/mol. The molecular formula is C28H19O3P. The zero-order chi connectivity index (χ0) is 22.1. The molecule has 0 fully saturated rings.